The minimum Gasteiger partial charge on any atom is -0.360 e. The summed E-state index contributed by atoms with van der Waals surface area (Å²) in [6.45, 7) is 3.70. The van der Waals surface area contributed by atoms with Crippen LogP contribution < -0.4 is 15.5 Å². The second-order valence-electron chi connectivity index (χ2n) is 5.57. The molecule has 1 aliphatic heterocycles. The summed E-state index contributed by atoms with van der Waals surface area (Å²) in [5, 5.41) is 17.7. The van der Waals surface area contributed by atoms with Crippen LogP contribution >= 0.6 is 0 Å². The van der Waals surface area contributed by atoms with Crippen LogP contribution in [-0.2, 0) is 4.79 Å². The lowest BCUT2D eigenvalue weighted by Gasteiger charge is -2.25. The number of anilines is 2. The lowest BCUT2D eigenvalue weighted by atomic mass is 10.2. The standard InChI is InChI=1S/C15H20N6O2/c1-11-8-13(20-23-11)18-15(22)10-16-9-12-4-3-7-21(12)14-5-2-6-17-19-14/h2,5-6,8,12,16H,3-4,7,9-10H2,1H3,(H,18,20,22)/t12-/m0/s1. The second kappa shape index (κ2) is 7.19. The molecule has 0 bridgehead atoms. The molecule has 0 saturated carbocycles. The van der Waals surface area contributed by atoms with Crippen LogP contribution in [0.15, 0.2) is 28.9 Å². The Labute approximate surface area is 134 Å². The van der Waals surface area contributed by atoms with Gasteiger partial charge in [-0.1, -0.05) is 5.16 Å². The van der Waals surface area contributed by atoms with Crippen molar-refractivity contribution in [2.45, 2.75) is 25.8 Å². The molecule has 1 aliphatic rings. The molecule has 23 heavy (non-hydrogen) atoms. The third-order valence-electron chi connectivity index (χ3n) is 3.79. The molecule has 1 atom stereocenters. The molecule has 3 heterocycles. The van der Waals surface area contributed by atoms with Crippen molar-refractivity contribution < 1.29 is 9.32 Å². The van der Waals surface area contributed by atoms with Gasteiger partial charge in [0.1, 0.15) is 5.76 Å². The Balaban J connectivity index is 1.45. The van der Waals surface area contributed by atoms with Crippen LogP contribution in [0.1, 0.15) is 18.6 Å². The van der Waals surface area contributed by atoms with Crippen LogP contribution in [0.25, 0.3) is 0 Å². The summed E-state index contributed by atoms with van der Waals surface area (Å²) < 4.78 is 4.91. The first kappa shape index (κ1) is 15.4. The van der Waals surface area contributed by atoms with E-state index in [-0.39, 0.29) is 12.5 Å². The third-order valence-corrected chi connectivity index (χ3v) is 3.79. The summed E-state index contributed by atoms with van der Waals surface area (Å²) >= 11 is 0. The maximum Gasteiger partial charge on any atom is 0.239 e. The van der Waals surface area contributed by atoms with Crippen molar-refractivity contribution in [1.29, 1.82) is 0 Å². The number of nitrogens with zero attached hydrogens (tertiary/aromatic N) is 4. The third kappa shape index (κ3) is 4.04. The highest BCUT2D eigenvalue weighted by molar-refractivity contribution is 5.91. The van der Waals surface area contributed by atoms with E-state index in [0.717, 1.165) is 31.7 Å². The van der Waals surface area contributed by atoms with E-state index < -0.39 is 0 Å². The first-order chi connectivity index (χ1) is 11.2. The van der Waals surface area contributed by atoms with Gasteiger partial charge in [-0.3, -0.25) is 4.79 Å². The normalized spacial score (nSPS) is 17.4. The summed E-state index contributed by atoms with van der Waals surface area (Å²) in [6.07, 6.45) is 3.86. The Hall–Kier alpha value is -2.48. The van der Waals surface area contributed by atoms with Gasteiger partial charge in [0.25, 0.3) is 0 Å². The number of carbonyl (C=O) groups is 1. The van der Waals surface area contributed by atoms with E-state index >= 15 is 0 Å². The zero-order valence-corrected chi connectivity index (χ0v) is 13.0. The van der Waals surface area contributed by atoms with Gasteiger partial charge in [-0.2, -0.15) is 5.10 Å². The highest BCUT2D eigenvalue weighted by atomic mass is 16.5. The highest BCUT2D eigenvalue weighted by Crippen LogP contribution is 2.22. The molecular weight excluding hydrogens is 296 g/mol. The molecule has 1 saturated heterocycles. The highest BCUT2D eigenvalue weighted by Gasteiger charge is 2.25. The van der Waals surface area contributed by atoms with Gasteiger partial charge in [-0.15, -0.1) is 5.10 Å². The van der Waals surface area contributed by atoms with Crippen LogP contribution in [0, 0.1) is 6.92 Å². The number of aryl methyl sites for hydroxylation is 1. The number of amides is 1. The van der Waals surface area contributed by atoms with Crippen LogP contribution in [-0.4, -0.2) is 46.9 Å². The fourth-order valence-corrected chi connectivity index (χ4v) is 2.76. The van der Waals surface area contributed by atoms with Gasteiger partial charge in [-0.25, -0.2) is 0 Å². The first-order valence-electron chi connectivity index (χ1n) is 7.70. The summed E-state index contributed by atoms with van der Waals surface area (Å²) in [7, 11) is 0. The zero-order valence-electron chi connectivity index (χ0n) is 13.0. The number of hydrogen-bond donors (Lipinski definition) is 2. The van der Waals surface area contributed by atoms with Crippen molar-refractivity contribution in [3.05, 3.63) is 30.2 Å². The SMILES string of the molecule is Cc1cc(NC(=O)CNC[C@@H]2CCCN2c2cccnn2)no1. The van der Waals surface area contributed by atoms with E-state index in [1.165, 1.54) is 0 Å². The largest absolute Gasteiger partial charge is 0.360 e. The van der Waals surface area contributed by atoms with Gasteiger partial charge in [0.05, 0.1) is 6.54 Å². The zero-order chi connectivity index (χ0) is 16.1. The molecule has 3 rings (SSSR count). The summed E-state index contributed by atoms with van der Waals surface area (Å²) in [5.41, 5.74) is 0. The minimum absolute atomic E-state index is 0.137. The molecule has 122 valence electrons. The van der Waals surface area contributed by atoms with Crippen molar-refractivity contribution in [3.8, 4) is 0 Å². The lowest BCUT2D eigenvalue weighted by molar-refractivity contribution is -0.115. The summed E-state index contributed by atoms with van der Waals surface area (Å²) in [6, 6.07) is 5.86. The summed E-state index contributed by atoms with van der Waals surface area (Å²) in [5.74, 6) is 1.86. The molecule has 1 amide bonds. The smallest absolute Gasteiger partial charge is 0.239 e. The average molecular weight is 316 g/mol. The van der Waals surface area contributed by atoms with Gasteiger partial charge in [-0.05, 0) is 31.9 Å². The number of nitrogens with one attached hydrogen (secondary N) is 2. The Kier molecular flexibility index (Phi) is 4.82. The molecule has 0 aromatic carbocycles. The molecule has 0 radical (unpaired) electrons. The van der Waals surface area contributed by atoms with Gasteiger partial charge < -0.3 is 20.1 Å². The lowest BCUT2D eigenvalue weighted by Crippen LogP contribution is -2.41. The van der Waals surface area contributed by atoms with Crippen LogP contribution in [0.2, 0.25) is 0 Å². The fraction of sp³-hybridized carbons (Fsp3) is 0.467. The molecule has 0 aliphatic carbocycles. The maximum atomic E-state index is 11.9. The molecule has 0 spiro atoms. The number of carbonyl (C=O) groups excluding carboxylic acids is 1. The predicted molar refractivity (Wildman–Crippen MR) is 85.1 cm³/mol. The van der Waals surface area contributed by atoms with Crippen molar-refractivity contribution in [3.63, 3.8) is 0 Å². The topological polar surface area (TPSA) is 96.2 Å². The van der Waals surface area contributed by atoms with Crippen LogP contribution in [0.3, 0.4) is 0 Å². The Morgan fingerprint density at radius 1 is 1.52 bits per heavy atom. The van der Waals surface area contributed by atoms with Crippen LogP contribution in [0.5, 0.6) is 0 Å². The molecule has 2 aromatic rings. The van der Waals surface area contributed by atoms with E-state index in [9.17, 15) is 4.79 Å². The van der Waals surface area contributed by atoms with E-state index in [4.69, 9.17) is 4.52 Å². The van der Waals surface area contributed by atoms with Crippen molar-refractivity contribution in [2.24, 2.45) is 0 Å². The monoisotopic (exact) mass is 316 g/mol. The van der Waals surface area contributed by atoms with Gasteiger partial charge in [0.2, 0.25) is 5.91 Å². The van der Waals surface area contributed by atoms with Gasteiger partial charge in [0, 0.05) is 31.4 Å². The van der Waals surface area contributed by atoms with E-state index in [2.05, 4.69) is 30.9 Å². The predicted octanol–water partition coefficient (Wildman–Crippen LogP) is 0.970. The molecule has 8 heteroatoms. The van der Waals surface area contributed by atoms with Crippen molar-refractivity contribution >= 4 is 17.5 Å². The summed E-state index contributed by atoms with van der Waals surface area (Å²) in [4.78, 5) is 14.1. The number of rotatable bonds is 6. The Bertz CT molecular complexity index is 644. The average Bonchev–Trinajstić information content (AvgIpc) is 3.17. The quantitative estimate of drug-likeness (QED) is 0.819. The Morgan fingerprint density at radius 2 is 2.43 bits per heavy atom. The molecule has 2 N–H and O–H groups in total. The molecule has 2 aromatic heterocycles. The molecule has 1 fully saturated rings. The van der Waals surface area contributed by atoms with Crippen molar-refractivity contribution in [2.75, 3.05) is 29.9 Å². The first-order valence-corrected chi connectivity index (χ1v) is 7.70. The number of hydrogen-bond acceptors (Lipinski definition) is 7. The fourth-order valence-electron chi connectivity index (χ4n) is 2.76. The molecule has 0 unspecified atom stereocenters. The number of aromatic nitrogens is 3. The Morgan fingerprint density at radius 3 is 3.17 bits per heavy atom. The van der Waals surface area contributed by atoms with Crippen LogP contribution in [0.4, 0.5) is 11.6 Å². The maximum absolute atomic E-state index is 11.9. The van der Waals surface area contributed by atoms with E-state index in [1.807, 2.05) is 12.1 Å². The molecular formula is C15H20N6O2. The molecule has 8 nitrogen and oxygen atoms in total. The van der Waals surface area contributed by atoms with E-state index in [1.54, 1.807) is 19.2 Å². The minimum atomic E-state index is -0.137. The van der Waals surface area contributed by atoms with Crippen molar-refractivity contribution in [1.82, 2.24) is 20.7 Å². The van der Waals surface area contributed by atoms with Gasteiger partial charge >= 0.3 is 0 Å². The van der Waals surface area contributed by atoms with E-state index in [0.29, 0.717) is 17.6 Å². The second-order valence-corrected chi connectivity index (χ2v) is 5.57. The van der Waals surface area contributed by atoms with Gasteiger partial charge in [0.15, 0.2) is 11.6 Å².